The van der Waals surface area contributed by atoms with Crippen molar-refractivity contribution in [2.24, 2.45) is 0 Å². The Kier molecular flexibility index (Phi) is 9.13. The monoisotopic (exact) mass is 627 g/mol. The van der Waals surface area contributed by atoms with Gasteiger partial charge in [-0.05, 0) is 78.6 Å². The van der Waals surface area contributed by atoms with Gasteiger partial charge < -0.3 is 19.6 Å². The fourth-order valence-corrected chi connectivity index (χ4v) is 6.75. The first kappa shape index (κ1) is 30.1. The zero-order valence-electron chi connectivity index (χ0n) is 24.4. The lowest BCUT2D eigenvalue weighted by atomic mass is 10.00. The van der Waals surface area contributed by atoms with Crippen LogP contribution in [0.25, 0.3) is 28.1 Å². The Hall–Kier alpha value is -3.96. The van der Waals surface area contributed by atoms with E-state index in [2.05, 4.69) is 40.2 Å². The quantitative estimate of drug-likeness (QED) is 0.163. The fraction of sp³-hybridized carbons (Fsp3) is 0.265. The van der Waals surface area contributed by atoms with Crippen molar-refractivity contribution in [1.82, 2.24) is 14.8 Å². The number of benzene rings is 3. The molecule has 226 valence electrons. The molecule has 2 saturated heterocycles. The maximum atomic E-state index is 13.4. The van der Waals surface area contributed by atoms with Crippen molar-refractivity contribution in [1.29, 1.82) is 0 Å². The number of hydrogen-bond acceptors (Lipinski definition) is 7. The highest BCUT2D eigenvalue weighted by Gasteiger charge is 2.31. The molecule has 8 nitrogen and oxygen atoms in total. The molecule has 2 aliphatic rings. The van der Waals surface area contributed by atoms with Crippen molar-refractivity contribution in [2.45, 2.75) is 13.3 Å². The lowest BCUT2D eigenvalue weighted by Crippen LogP contribution is -2.38. The van der Waals surface area contributed by atoms with Gasteiger partial charge in [-0.3, -0.25) is 14.6 Å². The van der Waals surface area contributed by atoms with E-state index in [1.165, 1.54) is 11.8 Å². The number of ether oxygens (including phenoxy) is 2. The molecule has 1 amide bonds. The van der Waals surface area contributed by atoms with E-state index in [-0.39, 0.29) is 11.5 Å². The van der Waals surface area contributed by atoms with Gasteiger partial charge >= 0.3 is 5.97 Å². The first-order valence-electron chi connectivity index (χ1n) is 14.6. The third kappa shape index (κ3) is 6.89. The van der Waals surface area contributed by atoms with Crippen molar-refractivity contribution in [3.63, 3.8) is 0 Å². The molecule has 2 aliphatic heterocycles. The Morgan fingerprint density at radius 2 is 1.86 bits per heavy atom. The van der Waals surface area contributed by atoms with E-state index in [9.17, 15) is 9.59 Å². The topological polar surface area (TPSA) is 95.1 Å². The molecule has 3 aromatic carbocycles. The zero-order chi connectivity index (χ0) is 30.6. The van der Waals surface area contributed by atoms with Crippen molar-refractivity contribution in [3.05, 3.63) is 94.0 Å². The number of rotatable bonds is 10. The molecule has 0 aliphatic carbocycles. The van der Waals surface area contributed by atoms with Crippen molar-refractivity contribution < 1.29 is 24.2 Å². The van der Waals surface area contributed by atoms with E-state index >= 15 is 0 Å². The molecule has 0 unspecified atom stereocenters. The molecule has 6 rings (SSSR count). The molecule has 0 spiro atoms. The van der Waals surface area contributed by atoms with Gasteiger partial charge in [-0.1, -0.05) is 48.2 Å². The molecular weight excluding hydrogens is 595 g/mol. The fourth-order valence-electron chi connectivity index (χ4n) is 5.44. The number of H-pyrrole nitrogens is 1. The zero-order valence-corrected chi connectivity index (χ0v) is 26.0. The normalized spacial score (nSPS) is 16.8. The van der Waals surface area contributed by atoms with Gasteiger partial charge in [0.05, 0.1) is 23.7 Å². The number of aromatic carboxylic acids is 1. The number of aromatic amines is 1. The number of carbonyl (C=O) groups is 2. The van der Waals surface area contributed by atoms with E-state index in [0.29, 0.717) is 28.8 Å². The van der Waals surface area contributed by atoms with Crippen LogP contribution in [0.3, 0.4) is 0 Å². The van der Waals surface area contributed by atoms with Crippen LogP contribution in [0.15, 0.2) is 71.6 Å². The molecule has 0 radical (unpaired) electrons. The van der Waals surface area contributed by atoms with Gasteiger partial charge in [0.15, 0.2) is 0 Å². The average Bonchev–Trinajstić information content (AvgIpc) is 3.53. The number of amides is 1. The Morgan fingerprint density at radius 3 is 2.64 bits per heavy atom. The van der Waals surface area contributed by atoms with E-state index in [0.717, 1.165) is 77.4 Å². The van der Waals surface area contributed by atoms with Crippen molar-refractivity contribution >= 4 is 57.2 Å². The number of morpholine rings is 1. The lowest BCUT2D eigenvalue weighted by molar-refractivity contribution is -0.122. The van der Waals surface area contributed by atoms with Gasteiger partial charge in [0.2, 0.25) is 0 Å². The second-order valence-corrected chi connectivity index (χ2v) is 12.6. The number of nitrogens with one attached hydrogen (secondary N) is 1. The summed E-state index contributed by atoms with van der Waals surface area (Å²) in [6.45, 7) is 7.19. The molecule has 1 aromatic heterocycles. The number of carboxylic acids is 1. The van der Waals surface area contributed by atoms with Crippen LogP contribution < -0.4 is 4.74 Å². The summed E-state index contributed by atoms with van der Waals surface area (Å²) in [6.07, 6.45) is 2.46. The number of carboxylic acid groups (broad SMARTS) is 1. The van der Waals surface area contributed by atoms with Gasteiger partial charge in [0.25, 0.3) is 5.91 Å². The standard InChI is InChI=1S/C34H33N3O5S2/c1-22-18-27-21-26(7-8-29(27)35-22)28-19-24(4-9-30(28)42-17-14-36-12-15-41-16-13-36)20-31-32(38)37(34(43)44-31)11-10-23-2-5-25(6-3-23)33(39)40/h2-9,18-21,35H,10-17H2,1H3,(H,39,40)/b31-20-. The second-order valence-electron chi connectivity index (χ2n) is 10.9. The molecule has 0 bridgehead atoms. The molecule has 2 N–H and O–H groups in total. The summed E-state index contributed by atoms with van der Waals surface area (Å²) in [6, 6.07) is 21.2. The van der Waals surface area contributed by atoms with Gasteiger partial charge in [-0.25, -0.2) is 4.79 Å². The number of thioether (sulfide) groups is 1. The molecule has 0 atom stereocenters. The molecule has 10 heteroatoms. The highest BCUT2D eigenvalue weighted by atomic mass is 32.2. The van der Waals surface area contributed by atoms with Crippen LogP contribution in [0.1, 0.15) is 27.2 Å². The van der Waals surface area contributed by atoms with Crippen LogP contribution in [-0.4, -0.2) is 82.1 Å². The summed E-state index contributed by atoms with van der Waals surface area (Å²) in [5.74, 6) is -0.295. The smallest absolute Gasteiger partial charge is 0.335 e. The summed E-state index contributed by atoms with van der Waals surface area (Å²) in [5, 5.41) is 10.3. The average molecular weight is 628 g/mol. The Balaban J connectivity index is 1.21. The van der Waals surface area contributed by atoms with Crippen LogP contribution in [0.4, 0.5) is 0 Å². The van der Waals surface area contributed by atoms with Gasteiger partial charge in [0.1, 0.15) is 16.7 Å². The van der Waals surface area contributed by atoms with Crippen LogP contribution in [-0.2, 0) is 16.0 Å². The third-order valence-electron chi connectivity index (χ3n) is 7.84. The largest absolute Gasteiger partial charge is 0.492 e. The van der Waals surface area contributed by atoms with E-state index < -0.39 is 5.97 Å². The first-order chi connectivity index (χ1) is 21.3. The highest BCUT2D eigenvalue weighted by molar-refractivity contribution is 8.26. The van der Waals surface area contributed by atoms with E-state index in [1.54, 1.807) is 29.2 Å². The predicted molar refractivity (Wildman–Crippen MR) is 178 cm³/mol. The molecule has 4 aromatic rings. The Morgan fingerprint density at radius 1 is 1.07 bits per heavy atom. The number of hydrogen-bond donors (Lipinski definition) is 2. The van der Waals surface area contributed by atoms with Crippen molar-refractivity contribution in [3.8, 4) is 16.9 Å². The van der Waals surface area contributed by atoms with E-state index in [1.807, 2.05) is 25.1 Å². The second kappa shape index (κ2) is 13.4. The number of thiocarbonyl (C=S) groups is 1. The minimum absolute atomic E-state index is 0.126. The number of nitrogens with zero attached hydrogens (tertiary/aromatic N) is 2. The number of fused-ring (bicyclic) bond motifs is 1. The van der Waals surface area contributed by atoms with Crippen molar-refractivity contribution in [2.75, 3.05) is 46.0 Å². The maximum Gasteiger partial charge on any atom is 0.335 e. The number of aryl methyl sites for hydroxylation is 1. The number of carbonyl (C=O) groups excluding carboxylic acids is 1. The number of aromatic nitrogens is 1. The van der Waals surface area contributed by atoms with Crippen LogP contribution in [0.5, 0.6) is 5.75 Å². The summed E-state index contributed by atoms with van der Waals surface area (Å²) in [4.78, 5) is 32.4. The molecular formula is C34H33N3O5S2. The predicted octanol–water partition coefficient (Wildman–Crippen LogP) is 6.00. The molecule has 2 fully saturated rings. The van der Waals surface area contributed by atoms with E-state index in [4.69, 9.17) is 26.8 Å². The maximum absolute atomic E-state index is 13.4. The summed E-state index contributed by atoms with van der Waals surface area (Å²) in [5.41, 5.74) is 6.24. The lowest BCUT2D eigenvalue weighted by Gasteiger charge is -2.26. The summed E-state index contributed by atoms with van der Waals surface area (Å²) < 4.78 is 12.3. The van der Waals surface area contributed by atoms with Gasteiger partial charge in [-0.2, -0.15) is 0 Å². The highest BCUT2D eigenvalue weighted by Crippen LogP contribution is 2.37. The minimum atomic E-state index is -0.963. The molecule has 3 heterocycles. The van der Waals surface area contributed by atoms with Crippen LogP contribution >= 0.6 is 24.0 Å². The molecule has 44 heavy (non-hydrogen) atoms. The summed E-state index contributed by atoms with van der Waals surface area (Å²) >= 11 is 6.87. The Labute approximate surface area is 265 Å². The van der Waals surface area contributed by atoms with Gasteiger partial charge in [-0.15, -0.1) is 0 Å². The molecule has 0 saturated carbocycles. The summed E-state index contributed by atoms with van der Waals surface area (Å²) in [7, 11) is 0. The first-order valence-corrected chi connectivity index (χ1v) is 15.8. The van der Waals surface area contributed by atoms with Gasteiger partial charge in [0, 0.05) is 48.3 Å². The minimum Gasteiger partial charge on any atom is -0.492 e. The SMILES string of the molecule is Cc1cc2cc(-c3cc(/C=C4\SC(=S)N(CCc5ccc(C(=O)O)cc5)C4=O)ccc3OCCN3CCOCC3)ccc2[nH]1. The van der Waals surface area contributed by atoms with Crippen LogP contribution in [0, 0.1) is 6.92 Å². The third-order valence-corrected chi connectivity index (χ3v) is 9.21. The van der Waals surface area contributed by atoms with Crippen LogP contribution in [0.2, 0.25) is 0 Å². The Bertz CT molecular complexity index is 1740.